The molecule has 0 bridgehead atoms. The lowest BCUT2D eigenvalue weighted by atomic mass is 9.94. The fourth-order valence-corrected chi connectivity index (χ4v) is 6.49. The number of nitrogens with one attached hydrogen (secondary N) is 2. The van der Waals surface area contributed by atoms with Crippen LogP contribution < -0.4 is 20.1 Å². The average molecular weight is 703 g/mol. The molecule has 1 amide bonds. The zero-order chi connectivity index (χ0) is 30.8. The summed E-state index contributed by atoms with van der Waals surface area (Å²) in [5.74, 6) is 2.03. The highest BCUT2D eigenvalue weighted by Gasteiger charge is 2.35. The molecule has 1 atom stereocenters. The van der Waals surface area contributed by atoms with Crippen molar-refractivity contribution in [2.24, 2.45) is 0 Å². The Hall–Kier alpha value is -3.18. The van der Waals surface area contributed by atoms with Crippen LogP contribution in [0.5, 0.6) is 11.5 Å². The maximum absolute atomic E-state index is 14.0. The van der Waals surface area contributed by atoms with Crippen molar-refractivity contribution in [1.29, 1.82) is 0 Å². The Kier molecular flexibility index (Phi) is 9.60. The SMILES string of the molecule is CCSc1nc2n(n1)C(c1cc(Br)c(OCc3c(Cl)cccc3Cl)c(OC)c1)C(C(=O)Nc1cccc(C)c1C)=C(C)N2. The number of anilines is 2. The van der Waals surface area contributed by atoms with Crippen LogP contribution in [0.1, 0.15) is 42.1 Å². The number of nitrogens with zero attached hydrogens (tertiary/aromatic N) is 3. The Balaban J connectivity index is 1.57. The number of aromatic nitrogens is 3. The summed E-state index contributed by atoms with van der Waals surface area (Å²) in [5.41, 5.74) is 5.42. The predicted molar refractivity (Wildman–Crippen MR) is 177 cm³/mol. The lowest BCUT2D eigenvalue weighted by molar-refractivity contribution is -0.113. The number of halogens is 3. The highest BCUT2D eigenvalue weighted by atomic mass is 79.9. The molecular formula is C31H30BrCl2N5O3S. The first kappa shape index (κ1) is 31.3. The summed E-state index contributed by atoms with van der Waals surface area (Å²) in [6.45, 7) is 8.05. The van der Waals surface area contributed by atoms with Gasteiger partial charge in [0, 0.05) is 27.0 Å². The highest BCUT2D eigenvalue weighted by Crippen LogP contribution is 2.44. The molecule has 43 heavy (non-hydrogen) atoms. The van der Waals surface area contributed by atoms with Gasteiger partial charge in [0.25, 0.3) is 5.91 Å². The van der Waals surface area contributed by atoms with Crippen molar-refractivity contribution >= 4 is 68.4 Å². The van der Waals surface area contributed by atoms with Gasteiger partial charge in [0.15, 0.2) is 11.5 Å². The van der Waals surface area contributed by atoms with Gasteiger partial charge in [-0.05, 0) is 89.5 Å². The average Bonchev–Trinajstić information content (AvgIpc) is 3.36. The number of hydrogen-bond donors (Lipinski definition) is 2. The molecule has 0 fully saturated rings. The second-order valence-electron chi connectivity index (χ2n) is 9.89. The van der Waals surface area contributed by atoms with E-state index in [2.05, 4.69) is 31.5 Å². The van der Waals surface area contributed by atoms with Crippen molar-refractivity contribution < 1.29 is 14.3 Å². The van der Waals surface area contributed by atoms with Crippen molar-refractivity contribution in [2.75, 3.05) is 23.5 Å². The van der Waals surface area contributed by atoms with Gasteiger partial charge >= 0.3 is 0 Å². The summed E-state index contributed by atoms with van der Waals surface area (Å²) in [5, 5.41) is 12.8. The van der Waals surface area contributed by atoms with Gasteiger partial charge in [0.05, 0.1) is 17.2 Å². The van der Waals surface area contributed by atoms with Gasteiger partial charge in [0.2, 0.25) is 11.1 Å². The smallest absolute Gasteiger partial charge is 0.255 e. The first-order valence-electron chi connectivity index (χ1n) is 13.5. The van der Waals surface area contributed by atoms with Crippen LogP contribution in [0.4, 0.5) is 11.6 Å². The van der Waals surface area contributed by atoms with E-state index in [9.17, 15) is 4.79 Å². The fraction of sp³-hybridized carbons (Fsp3) is 0.258. The summed E-state index contributed by atoms with van der Waals surface area (Å²) >= 11 is 17.9. The number of carbonyl (C=O) groups excluding carboxylic acids is 1. The highest BCUT2D eigenvalue weighted by molar-refractivity contribution is 9.10. The summed E-state index contributed by atoms with van der Waals surface area (Å²) in [6.07, 6.45) is 0. The van der Waals surface area contributed by atoms with Crippen LogP contribution in [0.3, 0.4) is 0 Å². The fourth-order valence-electron chi connectivity index (χ4n) is 4.85. The summed E-state index contributed by atoms with van der Waals surface area (Å²) < 4.78 is 14.3. The van der Waals surface area contributed by atoms with E-state index in [4.69, 9.17) is 37.8 Å². The van der Waals surface area contributed by atoms with Gasteiger partial charge in [-0.25, -0.2) is 4.68 Å². The van der Waals surface area contributed by atoms with Crippen LogP contribution in [0, 0.1) is 13.8 Å². The largest absolute Gasteiger partial charge is 0.493 e. The minimum Gasteiger partial charge on any atom is -0.493 e. The molecule has 12 heteroatoms. The lowest BCUT2D eigenvalue weighted by Gasteiger charge is -2.29. The number of amides is 1. The summed E-state index contributed by atoms with van der Waals surface area (Å²) in [6, 6.07) is 14.3. The molecule has 224 valence electrons. The quantitative estimate of drug-likeness (QED) is 0.169. The third kappa shape index (κ3) is 6.38. The molecule has 0 spiro atoms. The van der Waals surface area contributed by atoms with Crippen LogP contribution in [0.15, 0.2) is 69.4 Å². The molecule has 2 heterocycles. The second kappa shape index (κ2) is 13.2. The standard InChI is InChI=1S/C31H30BrCl2N5O3S/c1-6-43-31-37-30-35-18(4)26(29(40)36-24-12-7-9-16(2)17(24)3)27(39(30)38-31)19-13-21(32)28(25(14-19)41-5)42-15-20-22(33)10-8-11-23(20)34/h7-14,27H,6,15H2,1-5H3,(H,36,40)(H,35,37,38). The molecule has 1 aliphatic rings. The van der Waals surface area contributed by atoms with Gasteiger partial charge in [-0.2, -0.15) is 4.98 Å². The molecule has 3 aromatic carbocycles. The lowest BCUT2D eigenvalue weighted by Crippen LogP contribution is -2.31. The molecule has 0 saturated carbocycles. The molecule has 1 aromatic heterocycles. The molecule has 1 unspecified atom stereocenters. The minimum absolute atomic E-state index is 0.132. The van der Waals surface area contributed by atoms with Crippen LogP contribution >= 0.6 is 50.9 Å². The van der Waals surface area contributed by atoms with E-state index in [0.717, 1.165) is 28.1 Å². The number of methoxy groups -OCH3 is 1. The Labute approximate surface area is 273 Å². The molecule has 4 aromatic rings. The van der Waals surface area contributed by atoms with Crippen LogP contribution in [0.2, 0.25) is 10.0 Å². The number of benzene rings is 3. The Bertz CT molecular complexity index is 1720. The Morgan fingerprint density at radius 3 is 2.56 bits per heavy atom. The maximum Gasteiger partial charge on any atom is 0.255 e. The monoisotopic (exact) mass is 701 g/mol. The Morgan fingerprint density at radius 1 is 1.14 bits per heavy atom. The van der Waals surface area contributed by atoms with Crippen molar-refractivity contribution in [1.82, 2.24) is 14.8 Å². The summed E-state index contributed by atoms with van der Waals surface area (Å²) in [4.78, 5) is 18.7. The van der Waals surface area contributed by atoms with E-state index in [1.165, 1.54) is 11.8 Å². The number of allylic oxidation sites excluding steroid dienone is 1. The number of carbonyl (C=O) groups is 1. The molecule has 5 rings (SSSR count). The van der Waals surface area contributed by atoms with E-state index in [0.29, 0.717) is 54.0 Å². The molecule has 0 radical (unpaired) electrons. The first-order chi connectivity index (χ1) is 20.6. The number of ether oxygens (including phenoxy) is 2. The summed E-state index contributed by atoms with van der Waals surface area (Å²) in [7, 11) is 1.56. The van der Waals surface area contributed by atoms with E-state index >= 15 is 0 Å². The van der Waals surface area contributed by atoms with Crippen LogP contribution in [-0.2, 0) is 11.4 Å². The number of thioether (sulfide) groups is 1. The number of hydrogen-bond acceptors (Lipinski definition) is 7. The normalized spacial score (nSPS) is 14.3. The van der Waals surface area contributed by atoms with E-state index in [1.807, 2.05) is 58.0 Å². The van der Waals surface area contributed by atoms with Crippen LogP contribution in [0.25, 0.3) is 0 Å². The topological polar surface area (TPSA) is 90.3 Å². The third-order valence-corrected chi connectivity index (χ3v) is 9.21. The minimum atomic E-state index is -0.614. The van der Waals surface area contributed by atoms with Gasteiger partial charge < -0.3 is 20.1 Å². The van der Waals surface area contributed by atoms with E-state index < -0.39 is 6.04 Å². The maximum atomic E-state index is 14.0. The molecule has 0 saturated heterocycles. The van der Waals surface area contributed by atoms with Crippen molar-refractivity contribution in [3.63, 3.8) is 0 Å². The van der Waals surface area contributed by atoms with E-state index in [1.54, 1.807) is 30.0 Å². The number of fused-ring (bicyclic) bond motifs is 1. The van der Waals surface area contributed by atoms with Gasteiger partial charge in [-0.1, -0.05) is 60.1 Å². The molecule has 1 aliphatic heterocycles. The third-order valence-electron chi connectivity index (χ3n) is 7.19. The van der Waals surface area contributed by atoms with Gasteiger partial charge in [-0.15, -0.1) is 5.10 Å². The van der Waals surface area contributed by atoms with Crippen molar-refractivity contribution in [2.45, 2.75) is 45.5 Å². The first-order valence-corrected chi connectivity index (χ1v) is 16.0. The van der Waals surface area contributed by atoms with Crippen molar-refractivity contribution in [3.8, 4) is 11.5 Å². The number of rotatable bonds is 9. The van der Waals surface area contributed by atoms with Crippen molar-refractivity contribution in [3.05, 3.63) is 96.6 Å². The zero-order valence-electron chi connectivity index (χ0n) is 24.2. The van der Waals surface area contributed by atoms with Crippen LogP contribution in [-0.4, -0.2) is 33.5 Å². The molecule has 0 aliphatic carbocycles. The molecular weight excluding hydrogens is 673 g/mol. The van der Waals surface area contributed by atoms with Gasteiger partial charge in [-0.3, -0.25) is 4.79 Å². The second-order valence-corrected chi connectivity index (χ2v) is 12.8. The zero-order valence-corrected chi connectivity index (χ0v) is 28.1. The predicted octanol–water partition coefficient (Wildman–Crippen LogP) is 8.59. The Morgan fingerprint density at radius 2 is 1.86 bits per heavy atom. The molecule has 2 N–H and O–H groups in total. The van der Waals surface area contributed by atoms with E-state index in [-0.39, 0.29) is 12.5 Å². The number of aryl methyl sites for hydroxylation is 1. The molecule has 8 nitrogen and oxygen atoms in total. The van der Waals surface area contributed by atoms with Gasteiger partial charge in [0.1, 0.15) is 12.6 Å².